The highest BCUT2D eigenvalue weighted by Crippen LogP contribution is 2.35. The normalized spacial score (nSPS) is 21.3. The summed E-state index contributed by atoms with van der Waals surface area (Å²) in [5.74, 6) is 1.72. The summed E-state index contributed by atoms with van der Waals surface area (Å²) in [7, 11) is 1.69. The van der Waals surface area contributed by atoms with Crippen LogP contribution in [0.1, 0.15) is 63.0 Å². The fourth-order valence-corrected chi connectivity index (χ4v) is 3.84. The highest BCUT2D eigenvalue weighted by Gasteiger charge is 2.29. The van der Waals surface area contributed by atoms with E-state index in [-0.39, 0.29) is 11.9 Å². The number of nitrogens with zero attached hydrogens (tertiary/aromatic N) is 1. The fraction of sp³-hybridized carbons (Fsp3) is 0.632. The lowest BCUT2D eigenvalue weighted by Gasteiger charge is -2.37. The number of hydrogen-bond acceptors (Lipinski definition) is 3. The first-order chi connectivity index (χ1) is 11.3. The predicted molar refractivity (Wildman–Crippen MR) is 91.0 cm³/mol. The zero-order valence-corrected chi connectivity index (χ0v) is 14.1. The molecule has 1 aromatic rings. The number of hydrazine groups is 1. The average molecular weight is 316 g/mol. The summed E-state index contributed by atoms with van der Waals surface area (Å²) in [6.07, 6.45) is 9.21. The molecule has 1 aliphatic carbocycles. The van der Waals surface area contributed by atoms with Crippen molar-refractivity contribution < 1.29 is 9.53 Å². The van der Waals surface area contributed by atoms with E-state index in [0.717, 1.165) is 25.1 Å². The number of carbonyl (C=O) groups excluding carboxylic acids is 1. The van der Waals surface area contributed by atoms with Crippen molar-refractivity contribution >= 4 is 5.91 Å². The van der Waals surface area contributed by atoms with Gasteiger partial charge < -0.3 is 4.74 Å². The van der Waals surface area contributed by atoms with Gasteiger partial charge in [0.15, 0.2) is 0 Å². The quantitative estimate of drug-likeness (QED) is 0.897. The van der Waals surface area contributed by atoms with E-state index in [0.29, 0.717) is 12.3 Å². The standard InChI is InChI=1S/C19H28N2O2/c1-23-17-12-10-16(11-13-17)19(15-7-3-2-4-8-15)20-21-14-6-5-9-18(21)22/h10-13,15,19-20H,2-9,14H2,1H3/t19-/m1/s1. The van der Waals surface area contributed by atoms with Crippen molar-refractivity contribution in [3.05, 3.63) is 29.8 Å². The van der Waals surface area contributed by atoms with E-state index in [2.05, 4.69) is 17.6 Å². The van der Waals surface area contributed by atoms with Gasteiger partial charge in [-0.1, -0.05) is 31.4 Å². The molecule has 1 aliphatic heterocycles. The van der Waals surface area contributed by atoms with Crippen LogP contribution in [-0.2, 0) is 4.79 Å². The Morgan fingerprint density at radius 3 is 2.48 bits per heavy atom. The molecule has 0 unspecified atom stereocenters. The molecule has 0 bridgehead atoms. The molecular formula is C19H28N2O2. The molecule has 1 heterocycles. The summed E-state index contributed by atoms with van der Waals surface area (Å²) >= 11 is 0. The number of rotatable bonds is 5. The summed E-state index contributed by atoms with van der Waals surface area (Å²) in [6.45, 7) is 0.832. The van der Waals surface area contributed by atoms with Gasteiger partial charge >= 0.3 is 0 Å². The molecule has 3 rings (SSSR count). The lowest BCUT2D eigenvalue weighted by Crippen LogP contribution is -2.49. The van der Waals surface area contributed by atoms with Crippen LogP contribution in [0.25, 0.3) is 0 Å². The van der Waals surface area contributed by atoms with Gasteiger partial charge in [-0.05, 0) is 49.3 Å². The molecule has 0 radical (unpaired) electrons. The van der Waals surface area contributed by atoms with E-state index >= 15 is 0 Å². The molecular weight excluding hydrogens is 288 g/mol. The number of hydrogen-bond donors (Lipinski definition) is 1. The maximum Gasteiger partial charge on any atom is 0.236 e. The molecule has 23 heavy (non-hydrogen) atoms. The van der Waals surface area contributed by atoms with Crippen molar-refractivity contribution in [3.8, 4) is 5.75 Å². The van der Waals surface area contributed by atoms with Crippen LogP contribution in [0.4, 0.5) is 0 Å². The molecule has 1 saturated heterocycles. The summed E-state index contributed by atoms with van der Waals surface area (Å²) in [4.78, 5) is 12.2. The smallest absolute Gasteiger partial charge is 0.236 e. The Morgan fingerprint density at radius 2 is 1.83 bits per heavy atom. The Kier molecular flexibility index (Phi) is 5.55. The first-order valence-corrected chi connectivity index (χ1v) is 8.98. The molecule has 4 nitrogen and oxygen atoms in total. The highest BCUT2D eigenvalue weighted by atomic mass is 16.5. The van der Waals surface area contributed by atoms with Crippen molar-refractivity contribution in [1.82, 2.24) is 10.4 Å². The summed E-state index contributed by atoms with van der Waals surface area (Å²) in [5.41, 5.74) is 4.83. The van der Waals surface area contributed by atoms with Gasteiger partial charge in [0, 0.05) is 13.0 Å². The molecule has 2 aliphatic rings. The third kappa shape index (κ3) is 4.05. The second-order valence-corrected chi connectivity index (χ2v) is 6.78. The monoisotopic (exact) mass is 316 g/mol. The van der Waals surface area contributed by atoms with E-state index in [1.165, 1.54) is 37.7 Å². The summed E-state index contributed by atoms with van der Waals surface area (Å²) in [6, 6.07) is 8.54. The molecule has 0 aromatic heterocycles. The van der Waals surface area contributed by atoms with Crippen LogP contribution in [0.15, 0.2) is 24.3 Å². The van der Waals surface area contributed by atoms with Crippen molar-refractivity contribution in [3.63, 3.8) is 0 Å². The van der Waals surface area contributed by atoms with Crippen LogP contribution >= 0.6 is 0 Å². The van der Waals surface area contributed by atoms with Crippen LogP contribution in [-0.4, -0.2) is 24.6 Å². The summed E-state index contributed by atoms with van der Waals surface area (Å²) in [5, 5.41) is 1.87. The predicted octanol–water partition coefficient (Wildman–Crippen LogP) is 3.83. The van der Waals surface area contributed by atoms with E-state index in [1.807, 2.05) is 17.1 Å². The number of nitrogens with one attached hydrogen (secondary N) is 1. The van der Waals surface area contributed by atoms with E-state index in [4.69, 9.17) is 4.74 Å². The molecule has 4 heteroatoms. The maximum absolute atomic E-state index is 12.2. The third-order valence-electron chi connectivity index (χ3n) is 5.21. The Hall–Kier alpha value is -1.55. The minimum atomic E-state index is 0.225. The number of piperidine rings is 1. The Morgan fingerprint density at radius 1 is 1.09 bits per heavy atom. The number of carbonyl (C=O) groups is 1. The van der Waals surface area contributed by atoms with Crippen LogP contribution in [0.2, 0.25) is 0 Å². The van der Waals surface area contributed by atoms with Gasteiger partial charge in [-0.25, -0.2) is 5.43 Å². The molecule has 2 fully saturated rings. The number of ether oxygens (including phenoxy) is 1. The molecule has 1 saturated carbocycles. The Labute approximate surface area is 139 Å². The molecule has 1 aromatic carbocycles. The summed E-state index contributed by atoms with van der Waals surface area (Å²) < 4.78 is 5.28. The number of amides is 1. The second kappa shape index (κ2) is 7.82. The molecule has 1 N–H and O–H groups in total. The van der Waals surface area contributed by atoms with Crippen molar-refractivity contribution in [2.24, 2.45) is 5.92 Å². The van der Waals surface area contributed by atoms with Gasteiger partial charge in [-0.15, -0.1) is 0 Å². The van der Waals surface area contributed by atoms with Gasteiger partial charge in [0.25, 0.3) is 0 Å². The molecule has 0 spiro atoms. The van der Waals surface area contributed by atoms with Crippen LogP contribution < -0.4 is 10.2 Å². The highest BCUT2D eigenvalue weighted by molar-refractivity contribution is 5.76. The van der Waals surface area contributed by atoms with Gasteiger partial charge in [0.1, 0.15) is 5.75 Å². The van der Waals surface area contributed by atoms with E-state index < -0.39 is 0 Å². The van der Waals surface area contributed by atoms with Crippen molar-refractivity contribution in [2.45, 2.75) is 57.4 Å². The molecule has 1 amide bonds. The number of methoxy groups -OCH3 is 1. The van der Waals surface area contributed by atoms with Gasteiger partial charge in [0.05, 0.1) is 13.2 Å². The second-order valence-electron chi connectivity index (χ2n) is 6.78. The SMILES string of the molecule is COc1ccc([C@H](NN2CCCCC2=O)C2CCCCC2)cc1. The first-order valence-electron chi connectivity index (χ1n) is 8.98. The van der Waals surface area contributed by atoms with Gasteiger partial charge in [-0.2, -0.15) is 0 Å². The minimum absolute atomic E-state index is 0.225. The largest absolute Gasteiger partial charge is 0.497 e. The van der Waals surface area contributed by atoms with Crippen LogP contribution in [0.5, 0.6) is 5.75 Å². The van der Waals surface area contributed by atoms with E-state index in [1.54, 1.807) is 7.11 Å². The average Bonchev–Trinajstić information content (AvgIpc) is 2.62. The van der Waals surface area contributed by atoms with Crippen molar-refractivity contribution in [1.29, 1.82) is 0 Å². The topological polar surface area (TPSA) is 41.6 Å². The van der Waals surface area contributed by atoms with Crippen molar-refractivity contribution in [2.75, 3.05) is 13.7 Å². The number of benzene rings is 1. The lowest BCUT2D eigenvalue weighted by atomic mass is 9.81. The fourth-order valence-electron chi connectivity index (χ4n) is 3.84. The van der Waals surface area contributed by atoms with Gasteiger partial charge in [0.2, 0.25) is 5.91 Å². The van der Waals surface area contributed by atoms with Crippen LogP contribution in [0.3, 0.4) is 0 Å². The van der Waals surface area contributed by atoms with E-state index in [9.17, 15) is 4.79 Å². The Bertz CT molecular complexity index is 509. The molecule has 1 atom stereocenters. The van der Waals surface area contributed by atoms with Gasteiger partial charge in [-0.3, -0.25) is 9.80 Å². The van der Waals surface area contributed by atoms with Crippen LogP contribution in [0, 0.1) is 5.92 Å². The molecule has 126 valence electrons. The third-order valence-corrected chi connectivity index (χ3v) is 5.21. The first kappa shape index (κ1) is 16.3. The zero-order chi connectivity index (χ0) is 16.1. The maximum atomic E-state index is 12.2. The Balaban J connectivity index is 1.78. The lowest BCUT2D eigenvalue weighted by molar-refractivity contribution is -0.138. The minimum Gasteiger partial charge on any atom is -0.497 e. The zero-order valence-electron chi connectivity index (χ0n) is 14.1.